The third-order valence-electron chi connectivity index (χ3n) is 3.40. The van der Waals surface area contributed by atoms with Crippen molar-refractivity contribution >= 4 is 5.97 Å². The summed E-state index contributed by atoms with van der Waals surface area (Å²) in [5.41, 5.74) is 0. The van der Waals surface area contributed by atoms with Gasteiger partial charge in [0.05, 0.1) is 6.10 Å². The first-order valence-electron chi connectivity index (χ1n) is 9.26. The van der Waals surface area contributed by atoms with Gasteiger partial charge in [-0.1, -0.05) is 79.8 Å². The summed E-state index contributed by atoms with van der Waals surface area (Å²) in [6.45, 7) is 2.06. The summed E-state index contributed by atoms with van der Waals surface area (Å²) < 4.78 is 0. The first-order chi connectivity index (χ1) is 13.1. The maximum Gasteiger partial charge on any atom is 0.303 e. The predicted octanol–water partition coefficient (Wildman–Crippen LogP) is 4.99. The summed E-state index contributed by atoms with van der Waals surface area (Å²) in [7, 11) is 0. The fourth-order valence-corrected chi connectivity index (χ4v) is 1.97. The number of hydrogen-bond acceptors (Lipinski definition) is 4. The molecule has 5 heteroatoms. The molecule has 0 aromatic carbocycles. The van der Waals surface area contributed by atoms with Crippen LogP contribution in [0.2, 0.25) is 0 Å². The highest BCUT2D eigenvalue weighted by Crippen LogP contribution is 2.03. The third kappa shape index (κ3) is 18.4. The Morgan fingerprint density at radius 2 is 1.59 bits per heavy atom. The van der Waals surface area contributed by atoms with E-state index in [2.05, 4.69) is 11.8 Å². The summed E-state index contributed by atoms with van der Waals surface area (Å²) in [5.74, 6) is -0.829. The van der Waals surface area contributed by atoms with E-state index in [0.717, 1.165) is 12.8 Å². The highest BCUT2D eigenvalue weighted by atomic mass is 17.1. The quantitative estimate of drug-likeness (QED) is 0.162. The topological polar surface area (TPSA) is 87.0 Å². The lowest BCUT2D eigenvalue weighted by Crippen LogP contribution is -2.05. The number of aliphatic hydroxyl groups excluding tert-OH is 1. The van der Waals surface area contributed by atoms with E-state index in [1.807, 2.05) is 42.5 Å². The van der Waals surface area contributed by atoms with Crippen LogP contribution in [0.3, 0.4) is 0 Å². The molecule has 0 radical (unpaired) electrons. The molecule has 0 aliphatic heterocycles. The summed E-state index contributed by atoms with van der Waals surface area (Å²) in [5, 5.41) is 27.0. The van der Waals surface area contributed by atoms with Crippen molar-refractivity contribution < 1.29 is 25.2 Å². The van der Waals surface area contributed by atoms with Crippen molar-refractivity contribution in [1.29, 1.82) is 0 Å². The average Bonchev–Trinajstić information content (AvgIpc) is 2.64. The van der Waals surface area contributed by atoms with Crippen LogP contribution in [-0.2, 0) is 9.68 Å². The van der Waals surface area contributed by atoms with Crippen molar-refractivity contribution in [1.82, 2.24) is 0 Å². The van der Waals surface area contributed by atoms with E-state index in [1.54, 1.807) is 30.4 Å². The van der Waals surface area contributed by atoms with Gasteiger partial charge in [-0.25, -0.2) is 4.89 Å². The second kappa shape index (κ2) is 18.6. The normalized spacial score (nSPS) is 15.4. The Morgan fingerprint density at radius 3 is 2.22 bits per heavy atom. The Bertz CT molecular complexity index is 541. The van der Waals surface area contributed by atoms with Crippen molar-refractivity contribution in [2.75, 3.05) is 0 Å². The molecule has 0 aromatic rings. The molecule has 150 valence electrons. The molecule has 0 aliphatic rings. The first kappa shape index (κ1) is 24.8. The van der Waals surface area contributed by atoms with Gasteiger partial charge in [-0.3, -0.25) is 10.1 Å². The molecule has 0 fully saturated rings. The predicted molar refractivity (Wildman–Crippen MR) is 109 cm³/mol. The van der Waals surface area contributed by atoms with E-state index < -0.39 is 18.2 Å². The number of allylic oxidation sites excluding steroid dienone is 8. The van der Waals surface area contributed by atoms with Crippen LogP contribution < -0.4 is 0 Å². The highest BCUT2D eigenvalue weighted by molar-refractivity contribution is 5.66. The molecule has 0 aromatic heterocycles. The molecular weight excluding hydrogens is 344 g/mol. The standard InChI is InChI=1S/C22H32O5/c1-2-3-10-15-20(23)16-11-7-5-4-6-8-12-17-21(27-26)18-13-9-14-19-22(24)25/h3,5-13,16-17,20-21,23,26H,2,4,14-15,18-19H2,1H3,(H,24,25)/b7-5-,8-6-,10-3-,13-9-,16-11+,17-12+/t20-,21-/m1/s1. The van der Waals surface area contributed by atoms with Crippen LogP contribution in [0.4, 0.5) is 0 Å². The molecule has 27 heavy (non-hydrogen) atoms. The van der Waals surface area contributed by atoms with Gasteiger partial charge in [0.2, 0.25) is 0 Å². The molecule has 0 saturated heterocycles. The lowest BCUT2D eigenvalue weighted by atomic mass is 10.2. The van der Waals surface area contributed by atoms with Crippen molar-refractivity contribution in [2.24, 2.45) is 0 Å². The second-order valence-electron chi connectivity index (χ2n) is 5.83. The van der Waals surface area contributed by atoms with Gasteiger partial charge < -0.3 is 10.2 Å². The van der Waals surface area contributed by atoms with Crippen LogP contribution in [-0.4, -0.2) is 33.6 Å². The van der Waals surface area contributed by atoms with Crippen molar-refractivity contribution in [3.63, 3.8) is 0 Å². The number of carboxylic acid groups (broad SMARTS) is 1. The second-order valence-corrected chi connectivity index (χ2v) is 5.83. The summed E-state index contributed by atoms with van der Waals surface area (Å²) >= 11 is 0. The molecule has 3 N–H and O–H groups in total. The molecule has 2 atom stereocenters. The Kier molecular flexibility index (Phi) is 17.1. The molecule has 0 unspecified atom stereocenters. The van der Waals surface area contributed by atoms with Crippen LogP contribution in [0.5, 0.6) is 0 Å². The maximum absolute atomic E-state index is 10.4. The Labute approximate surface area is 162 Å². The zero-order valence-corrected chi connectivity index (χ0v) is 16.0. The van der Waals surface area contributed by atoms with Gasteiger partial charge in [-0.05, 0) is 32.1 Å². The van der Waals surface area contributed by atoms with Crippen molar-refractivity contribution in [2.45, 2.75) is 57.7 Å². The molecule has 0 heterocycles. The average molecular weight is 376 g/mol. The molecule has 0 rings (SSSR count). The minimum absolute atomic E-state index is 0.0945. The Morgan fingerprint density at radius 1 is 0.926 bits per heavy atom. The number of carbonyl (C=O) groups is 1. The fourth-order valence-electron chi connectivity index (χ4n) is 1.97. The highest BCUT2D eigenvalue weighted by Gasteiger charge is 2.00. The minimum Gasteiger partial charge on any atom is -0.481 e. The van der Waals surface area contributed by atoms with Crippen molar-refractivity contribution in [3.05, 3.63) is 72.9 Å². The molecule has 0 aliphatic carbocycles. The number of hydrogen-bond donors (Lipinski definition) is 3. The Balaban J connectivity index is 4.00. The number of aliphatic hydroxyl groups is 1. The first-order valence-corrected chi connectivity index (χ1v) is 9.26. The van der Waals surface area contributed by atoms with E-state index in [1.165, 1.54) is 0 Å². The van der Waals surface area contributed by atoms with E-state index in [9.17, 15) is 9.90 Å². The lowest BCUT2D eigenvalue weighted by Gasteiger charge is -2.04. The van der Waals surface area contributed by atoms with Gasteiger partial charge in [0.25, 0.3) is 0 Å². The number of carboxylic acids is 1. The van der Waals surface area contributed by atoms with E-state index in [4.69, 9.17) is 10.4 Å². The third-order valence-corrected chi connectivity index (χ3v) is 3.40. The molecule has 0 bridgehead atoms. The van der Waals surface area contributed by atoms with Gasteiger partial charge in [-0.2, -0.15) is 0 Å². The van der Waals surface area contributed by atoms with E-state index in [0.29, 0.717) is 19.3 Å². The smallest absolute Gasteiger partial charge is 0.303 e. The van der Waals surface area contributed by atoms with Crippen LogP contribution in [0, 0.1) is 0 Å². The molecule has 0 spiro atoms. The van der Waals surface area contributed by atoms with E-state index in [-0.39, 0.29) is 6.42 Å². The van der Waals surface area contributed by atoms with Gasteiger partial charge in [0.15, 0.2) is 0 Å². The van der Waals surface area contributed by atoms with Crippen LogP contribution >= 0.6 is 0 Å². The van der Waals surface area contributed by atoms with Gasteiger partial charge >= 0.3 is 5.97 Å². The molecule has 0 saturated carbocycles. The summed E-state index contributed by atoms with van der Waals surface area (Å²) in [6.07, 6.45) is 24.8. The zero-order chi connectivity index (χ0) is 20.2. The molecule has 5 nitrogen and oxygen atoms in total. The summed E-state index contributed by atoms with van der Waals surface area (Å²) in [6, 6.07) is 0. The van der Waals surface area contributed by atoms with Crippen molar-refractivity contribution in [3.8, 4) is 0 Å². The van der Waals surface area contributed by atoms with Gasteiger partial charge in [-0.15, -0.1) is 0 Å². The van der Waals surface area contributed by atoms with Crippen LogP contribution in [0.25, 0.3) is 0 Å². The maximum atomic E-state index is 10.4. The van der Waals surface area contributed by atoms with Crippen LogP contribution in [0.1, 0.15) is 45.4 Å². The van der Waals surface area contributed by atoms with Crippen LogP contribution in [0.15, 0.2) is 72.9 Å². The minimum atomic E-state index is -0.829. The van der Waals surface area contributed by atoms with E-state index >= 15 is 0 Å². The largest absolute Gasteiger partial charge is 0.481 e. The SMILES string of the molecule is CC/C=C\C[C@@H](O)/C=C/C=C\C/C=C\C=C\[C@H](C/C=C\CCC(=O)O)OO. The fraction of sp³-hybridized carbons (Fsp3) is 0.409. The Hall–Kier alpha value is -2.21. The zero-order valence-electron chi connectivity index (χ0n) is 16.0. The summed E-state index contributed by atoms with van der Waals surface area (Å²) in [4.78, 5) is 14.7. The molecule has 0 amide bonds. The van der Waals surface area contributed by atoms with Gasteiger partial charge in [0, 0.05) is 6.42 Å². The monoisotopic (exact) mass is 376 g/mol. The van der Waals surface area contributed by atoms with Gasteiger partial charge in [0.1, 0.15) is 6.10 Å². The number of rotatable bonds is 15. The molecular formula is C22H32O5. The number of aliphatic carboxylic acids is 1. The lowest BCUT2D eigenvalue weighted by molar-refractivity contribution is -0.264.